The Kier molecular flexibility index (Phi) is 6.23. The third-order valence-electron chi connectivity index (χ3n) is 6.95. The largest absolute Gasteiger partial charge is 0.368 e. The number of rotatable bonds is 6. The molecule has 1 aliphatic heterocycles. The molecule has 2 fully saturated rings. The van der Waals surface area contributed by atoms with Crippen molar-refractivity contribution in [1.29, 1.82) is 0 Å². The van der Waals surface area contributed by atoms with Gasteiger partial charge in [0.15, 0.2) is 5.78 Å². The third kappa shape index (κ3) is 4.07. The van der Waals surface area contributed by atoms with E-state index < -0.39 is 29.8 Å². The molecule has 0 bridgehead atoms. The Hall–Kier alpha value is -2.68. The number of carbonyl (C=O) groups is 3. The molecule has 35 heavy (non-hydrogen) atoms. The molecular formula is C25H24Cl2N4O3S. The van der Waals surface area contributed by atoms with Crippen LogP contribution in [0.15, 0.2) is 41.8 Å². The fourth-order valence-electron chi connectivity index (χ4n) is 5.31. The highest BCUT2D eigenvalue weighted by Crippen LogP contribution is 2.54. The Balaban J connectivity index is 1.78. The lowest BCUT2D eigenvalue weighted by atomic mass is 9.77. The molecule has 1 aliphatic carbocycles. The highest BCUT2D eigenvalue weighted by atomic mass is 35.5. The number of aryl methyl sites for hydroxylation is 2. The summed E-state index contributed by atoms with van der Waals surface area (Å²) >= 11 is 14.2. The molecular weight excluding hydrogens is 507 g/mol. The molecule has 2 aliphatic rings. The number of nitrogens with two attached hydrogens (primary N) is 1. The average Bonchev–Trinajstić information content (AvgIpc) is 3.31. The van der Waals surface area contributed by atoms with Gasteiger partial charge >= 0.3 is 0 Å². The van der Waals surface area contributed by atoms with Crippen LogP contribution in [0.3, 0.4) is 0 Å². The predicted octanol–water partition coefficient (Wildman–Crippen LogP) is 4.53. The monoisotopic (exact) mass is 530 g/mol. The molecule has 0 spiro atoms. The van der Waals surface area contributed by atoms with E-state index in [4.69, 9.17) is 28.9 Å². The lowest BCUT2D eigenvalue weighted by molar-refractivity contribution is -0.140. The number of hydrogen-bond acceptors (Lipinski definition) is 5. The zero-order valence-corrected chi connectivity index (χ0v) is 21.5. The van der Waals surface area contributed by atoms with Crippen molar-refractivity contribution in [3.8, 4) is 0 Å². The van der Waals surface area contributed by atoms with E-state index in [-0.39, 0.29) is 17.6 Å². The number of hydrogen-bond donors (Lipinski definition) is 1. The van der Waals surface area contributed by atoms with Gasteiger partial charge in [0.2, 0.25) is 11.8 Å². The van der Waals surface area contributed by atoms with Crippen molar-refractivity contribution in [3.63, 3.8) is 0 Å². The number of Topliss-reactive ketones (excluding diaryl/α,β-unsaturated/α-hetero) is 1. The lowest BCUT2D eigenvalue weighted by Crippen LogP contribution is -2.47. The highest BCUT2D eigenvalue weighted by Gasteiger charge is 2.59. The summed E-state index contributed by atoms with van der Waals surface area (Å²) in [6.07, 6.45) is 1.48. The molecule has 7 nitrogen and oxygen atoms in total. The van der Waals surface area contributed by atoms with E-state index in [1.54, 1.807) is 50.4 Å². The van der Waals surface area contributed by atoms with Crippen molar-refractivity contribution in [1.82, 2.24) is 14.7 Å². The predicted molar refractivity (Wildman–Crippen MR) is 135 cm³/mol. The number of carbonyl (C=O) groups excluding carboxylic acids is 3. The minimum atomic E-state index is -1.03. The fraction of sp³-hybridized carbons (Fsp3) is 0.360. The Morgan fingerprint density at radius 1 is 1.11 bits per heavy atom. The maximum atomic E-state index is 14.1. The summed E-state index contributed by atoms with van der Waals surface area (Å²) < 4.78 is 1.52. The first-order valence-electron chi connectivity index (χ1n) is 11.3. The molecule has 1 saturated heterocycles. The third-order valence-corrected chi connectivity index (χ3v) is 8.54. The maximum absolute atomic E-state index is 14.1. The zero-order valence-electron chi connectivity index (χ0n) is 19.2. The molecule has 2 N–H and O–H groups in total. The van der Waals surface area contributed by atoms with Crippen LogP contribution in [0.5, 0.6) is 0 Å². The van der Waals surface area contributed by atoms with Crippen molar-refractivity contribution in [2.24, 2.45) is 24.6 Å². The van der Waals surface area contributed by atoms with Crippen molar-refractivity contribution >= 4 is 52.1 Å². The van der Waals surface area contributed by atoms with Crippen LogP contribution in [0.4, 0.5) is 0 Å². The molecule has 3 heterocycles. The van der Waals surface area contributed by atoms with Crippen LogP contribution in [0.2, 0.25) is 10.2 Å². The molecule has 10 heteroatoms. The lowest BCUT2D eigenvalue weighted by Gasteiger charge is -2.30. The van der Waals surface area contributed by atoms with Crippen LogP contribution in [-0.4, -0.2) is 38.3 Å². The van der Waals surface area contributed by atoms with Gasteiger partial charge in [-0.3, -0.25) is 19.1 Å². The number of halogens is 2. The van der Waals surface area contributed by atoms with Gasteiger partial charge in [-0.2, -0.15) is 5.10 Å². The molecule has 1 saturated carbocycles. The van der Waals surface area contributed by atoms with Crippen LogP contribution in [0.25, 0.3) is 0 Å². The molecule has 182 valence electrons. The van der Waals surface area contributed by atoms with E-state index in [9.17, 15) is 14.4 Å². The van der Waals surface area contributed by atoms with Crippen LogP contribution in [-0.2, 0) is 16.6 Å². The smallest absolute Gasteiger partial charge is 0.240 e. The number of benzene rings is 1. The van der Waals surface area contributed by atoms with E-state index >= 15 is 0 Å². The van der Waals surface area contributed by atoms with Gasteiger partial charge < -0.3 is 10.6 Å². The Morgan fingerprint density at radius 2 is 1.80 bits per heavy atom. The van der Waals surface area contributed by atoms with Gasteiger partial charge in [-0.25, -0.2) is 0 Å². The molecule has 4 unspecified atom stereocenters. The van der Waals surface area contributed by atoms with E-state index in [1.165, 1.54) is 20.9 Å². The average molecular weight is 531 g/mol. The minimum absolute atomic E-state index is 0.165. The summed E-state index contributed by atoms with van der Waals surface area (Å²) in [5.41, 5.74) is 7.86. The highest BCUT2D eigenvalue weighted by molar-refractivity contribution is 7.12. The summed E-state index contributed by atoms with van der Waals surface area (Å²) in [6.45, 7) is 1.79. The summed E-state index contributed by atoms with van der Waals surface area (Å²) in [6, 6.07) is 8.74. The number of likely N-dealkylation sites (tertiary alicyclic amines) is 1. The van der Waals surface area contributed by atoms with Crippen molar-refractivity contribution < 1.29 is 14.4 Å². The first kappa shape index (κ1) is 24.0. The molecule has 2 aromatic heterocycles. The quantitative estimate of drug-likeness (QED) is 0.473. The number of nitrogens with zero attached hydrogens (tertiary/aromatic N) is 3. The molecule has 0 radical (unpaired) electrons. The van der Waals surface area contributed by atoms with E-state index in [2.05, 4.69) is 5.10 Å². The number of amides is 2. The van der Waals surface area contributed by atoms with Gasteiger partial charge in [0.25, 0.3) is 0 Å². The van der Waals surface area contributed by atoms with Crippen LogP contribution in [0, 0.1) is 18.8 Å². The normalized spacial score (nSPS) is 24.1. The number of primary amides is 1. The van der Waals surface area contributed by atoms with Gasteiger partial charge in [-0.05, 0) is 48.9 Å². The summed E-state index contributed by atoms with van der Waals surface area (Å²) in [7, 11) is 1.71. The van der Waals surface area contributed by atoms with E-state index in [0.717, 1.165) is 12.8 Å². The molecule has 5 rings (SSSR count). The van der Waals surface area contributed by atoms with Crippen LogP contribution < -0.4 is 5.73 Å². The Morgan fingerprint density at radius 3 is 2.31 bits per heavy atom. The topological polar surface area (TPSA) is 98.3 Å². The maximum Gasteiger partial charge on any atom is 0.240 e. The van der Waals surface area contributed by atoms with E-state index in [1.807, 2.05) is 5.38 Å². The number of ketones is 1. The van der Waals surface area contributed by atoms with Crippen molar-refractivity contribution in [2.45, 2.75) is 37.8 Å². The second-order valence-electron chi connectivity index (χ2n) is 9.17. The van der Waals surface area contributed by atoms with Crippen LogP contribution >= 0.6 is 34.5 Å². The van der Waals surface area contributed by atoms with Gasteiger partial charge in [-0.1, -0.05) is 41.4 Å². The Bertz CT molecular complexity index is 1300. The first-order chi connectivity index (χ1) is 16.7. The van der Waals surface area contributed by atoms with Crippen LogP contribution in [0.1, 0.15) is 51.3 Å². The van der Waals surface area contributed by atoms with Gasteiger partial charge in [-0.15, -0.1) is 11.3 Å². The van der Waals surface area contributed by atoms with Crippen molar-refractivity contribution in [3.05, 3.63) is 73.7 Å². The molecule has 1 aromatic carbocycles. The fourth-order valence-corrected chi connectivity index (χ4v) is 6.43. The zero-order chi connectivity index (χ0) is 25.0. The van der Waals surface area contributed by atoms with E-state index in [0.29, 0.717) is 31.9 Å². The first-order valence-corrected chi connectivity index (χ1v) is 13.0. The standard InChI is InChI=1S/C25H24Cl2N4O3S/c1-12-17(23(27)30(2)29-12)20-19(22(32)16-4-3-11-35-16)18(13-7-9-15(26)10-8-13)21(24(28)33)31(20)25(34)14-5-6-14/h3-4,7-11,14,18-21H,5-6H2,1-2H3,(H2,28,33). The number of aromatic nitrogens is 2. The summed E-state index contributed by atoms with van der Waals surface area (Å²) in [4.78, 5) is 43.0. The molecule has 2 amide bonds. The summed E-state index contributed by atoms with van der Waals surface area (Å²) in [5, 5.41) is 7.13. The second-order valence-corrected chi connectivity index (χ2v) is 10.9. The van der Waals surface area contributed by atoms with Gasteiger partial charge in [0.1, 0.15) is 11.2 Å². The van der Waals surface area contributed by atoms with Gasteiger partial charge in [0, 0.05) is 29.5 Å². The molecule has 3 aromatic rings. The number of thiophene rings is 1. The summed E-state index contributed by atoms with van der Waals surface area (Å²) in [5.74, 6) is -2.68. The SMILES string of the molecule is Cc1nn(C)c(Cl)c1C1C(C(=O)c2cccs2)C(c2ccc(Cl)cc2)C(C(N)=O)N1C(=O)C1CC1. The second kappa shape index (κ2) is 9.08. The van der Waals surface area contributed by atoms with Gasteiger partial charge in [0.05, 0.1) is 22.5 Å². The molecule has 4 atom stereocenters. The Labute approximate surface area is 216 Å². The van der Waals surface area contributed by atoms with Crippen molar-refractivity contribution in [2.75, 3.05) is 0 Å². The minimum Gasteiger partial charge on any atom is -0.368 e.